The number of carbonyl (C=O) groups is 1. The average Bonchev–Trinajstić information content (AvgIpc) is 2.17. The summed E-state index contributed by atoms with van der Waals surface area (Å²) in [6, 6.07) is 0. The molecular weight excluding hydrogens is 226 g/mol. The zero-order chi connectivity index (χ0) is 11.4. The van der Waals surface area contributed by atoms with Gasteiger partial charge in [0, 0.05) is 0 Å². The molecule has 1 aromatic rings. The molecule has 1 aromatic heterocycles. The first-order valence-electron chi connectivity index (χ1n) is 3.90. The molecule has 0 bridgehead atoms. The van der Waals surface area contributed by atoms with E-state index < -0.39 is 21.7 Å². The molecule has 0 saturated carbocycles. The first-order valence-corrected chi connectivity index (χ1v) is 4.28. The van der Waals surface area contributed by atoms with Crippen molar-refractivity contribution in [3.63, 3.8) is 0 Å². The third-order valence-electron chi connectivity index (χ3n) is 1.38. The summed E-state index contributed by atoms with van der Waals surface area (Å²) in [5.74, 6) is -1.07. The predicted molar refractivity (Wildman–Crippen MR) is 49.7 cm³/mol. The molecule has 0 N–H and O–H groups in total. The quantitative estimate of drug-likeness (QED) is 0.336. The van der Waals surface area contributed by atoms with Crippen molar-refractivity contribution in [2.75, 3.05) is 6.61 Å². The highest BCUT2D eigenvalue weighted by Crippen LogP contribution is 2.19. The van der Waals surface area contributed by atoms with E-state index in [1.165, 1.54) is 0 Å². The Hall–Kier alpha value is -1.76. The van der Waals surface area contributed by atoms with E-state index in [2.05, 4.69) is 14.7 Å². The maximum absolute atomic E-state index is 11.1. The molecule has 80 valence electrons. The summed E-state index contributed by atoms with van der Waals surface area (Å²) in [6.07, 6.45) is 0.863. The van der Waals surface area contributed by atoms with E-state index in [0.29, 0.717) is 0 Å². The lowest BCUT2D eigenvalue weighted by Gasteiger charge is -1.99. The van der Waals surface area contributed by atoms with Crippen LogP contribution in [-0.4, -0.2) is 27.5 Å². The Morgan fingerprint density at radius 1 is 1.73 bits per heavy atom. The van der Waals surface area contributed by atoms with Gasteiger partial charge in [-0.1, -0.05) is 11.6 Å². The van der Waals surface area contributed by atoms with Gasteiger partial charge in [-0.3, -0.25) is 10.1 Å². The zero-order valence-corrected chi connectivity index (χ0v) is 8.39. The smallest absolute Gasteiger partial charge is 0.376 e. The van der Waals surface area contributed by atoms with Crippen LogP contribution in [0.5, 0.6) is 0 Å². The molecule has 1 rings (SSSR count). The van der Waals surface area contributed by atoms with Gasteiger partial charge in [-0.2, -0.15) is 0 Å². The molecule has 0 aliphatic heterocycles. The molecule has 0 aromatic carbocycles. The second-order valence-electron chi connectivity index (χ2n) is 2.35. The molecule has 0 aliphatic rings. The highest BCUT2D eigenvalue weighted by Gasteiger charge is 2.18. The number of nitro groups is 1. The van der Waals surface area contributed by atoms with Crippen LogP contribution >= 0.6 is 11.6 Å². The Labute approximate surface area is 89.2 Å². The summed E-state index contributed by atoms with van der Waals surface area (Å²) in [5.41, 5.74) is -0.454. The summed E-state index contributed by atoms with van der Waals surface area (Å²) in [5, 5.41) is 9.96. The fraction of sp³-hybridized carbons (Fsp3) is 0.286. The Bertz CT molecular complexity index is 409. The molecule has 0 amide bonds. The van der Waals surface area contributed by atoms with Crippen LogP contribution in [0.3, 0.4) is 0 Å². The zero-order valence-electron chi connectivity index (χ0n) is 7.64. The van der Waals surface area contributed by atoms with Crippen molar-refractivity contribution < 1.29 is 14.5 Å². The minimum atomic E-state index is -0.769. The monoisotopic (exact) mass is 231 g/mol. The number of halogens is 1. The van der Waals surface area contributed by atoms with E-state index in [-0.39, 0.29) is 12.4 Å². The number of hydrogen-bond acceptors (Lipinski definition) is 6. The molecule has 0 atom stereocenters. The third-order valence-corrected chi connectivity index (χ3v) is 1.66. The van der Waals surface area contributed by atoms with Crippen LogP contribution in [0.1, 0.15) is 17.5 Å². The van der Waals surface area contributed by atoms with Crippen LogP contribution in [0.2, 0.25) is 5.15 Å². The maximum atomic E-state index is 11.1. The van der Waals surface area contributed by atoms with Gasteiger partial charge in [-0.25, -0.2) is 14.8 Å². The van der Waals surface area contributed by atoms with Crippen LogP contribution < -0.4 is 0 Å². The molecule has 7 nitrogen and oxygen atoms in total. The minimum absolute atomic E-state index is 0.163. The largest absolute Gasteiger partial charge is 0.460 e. The van der Waals surface area contributed by atoms with Crippen molar-refractivity contribution in [3.8, 4) is 0 Å². The summed E-state index contributed by atoms with van der Waals surface area (Å²) in [7, 11) is 0. The number of hydrogen-bond donors (Lipinski definition) is 0. The SMILES string of the molecule is CCOC(=O)c1ncc([N+](=O)[O-])c(Cl)n1. The maximum Gasteiger partial charge on any atom is 0.376 e. The summed E-state index contributed by atoms with van der Waals surface area (Å²) in [6.45, 7) is 1.78. The first-order chi connectivity index (χ1) is 7.06. The Morgan fingerprint density at radius 2 is 2.40 bits per heavy atom. The van der Waals surface area contributed by atoms with E-state index in [1.54, 1.807) is 6.92 Å². The second-order valence-corrected chi connectivity index (χ2v) is 2.71. The molecule has 0 saturated heterocycles. The van der Waals surface area contributed by atoms with Crippen LogP contribution in [0.15, 0.2) is 6.20 Å². The number of aromatic nitrogens is 2. The lowest BCUT2D eigenvalue weighted by atomic mass is 10.5. The van der Waals surface area contributed by atoms with Crippen molar-refractivity contribution >= 4 is 23.3 Å². The second kappa shape index (κ2) is 4.65. The van der Waals surface area contributed by atoms with Crippen LogP contribution in [0.4, 0.5) is 5.69 Å². The molecular formula is C7H6ClN3O4. The molecule has 0 unspecified atom stereocenters. The first kappa shape index (κ1) is 11.3. The highest BCUT2D eigenvalue weighted by molar-refractivity contribution is 6.31. The van der Waals surface area contributed by atoms with Crippen molar-refractivity contribution in [3.05, 3.63) is 27.3 Å². The lowest BCUT2D eigenvalue weighted by molar-refractivity contribution is -0.385. The van der Waals surface area contributed by atoms with Gasteiger partial charge in [0.1, 0.15) is 6.20 Å². The summed E-state index contributed by atoms with van der Waals surface area (Å²) in [4.78, 5) is 27.6. The predicted octanol–water partition coefficient (Wildman–Crippen LogP) is 1.21. The van der Waals surface area contributed by atoms with Gasteiger partial charge < -0.3 is 4.74 Å². The summed E-state index contributed by atoms with van der Waals surface area (Å²) < 4.78 is 4.59. The molecule has 8 heteroatoms. The van der Waals surface area contributed by atoms with Gasteiger partial charge in [0.2, 0.25) is 11.0 Å². The van der Waals surface area contributed by atoms with Gasteiger partial charge in [-0.05, 0) is 6.92 Å². The molecule has 0 aliphatic carbocycles. The molecule has 1 heterocycles. The van der Waals surface area contributed by atoms with E-state index in [9.17, 15) is 14.9 Å². The lowest BCUT2D eigenvalue weighted by Crippen LogP contribution is -2.10. The average molecular weight is 232 g/mol. The number of ether oxygens (including phenoxy) is 1. The van der Waals surface area contributed by atoms with Gasteiger partial charge in [-0.15, -0.1) is 0 Å². The highest BCUT2D eigenvalue weighted by atomic mass is 35.5. The number of carbonyl (C=O) groups excluding carboxylic acids is 1. The van der Waals surface area contributed by atoms with Crippen molar-refractivity contribution in [2.24, 2.45) is 0 Å². The van der Waals surface area contributed by atoms with Gasteiger partial charge in [0.25, 0.3) is 0 Å². The molecule has 0 radical (unpaired) electrons. The van der Waals surface area contributed by atoms with Gasteiger partial charge in [0.05, 0.1) is 11.5 Å². The standard InChI is InChI=1S/C7H6ClN3O4/c1-2-15-7(12)6-9-3-4(11(13)14)5(8)10-6/h3H,2H2,1H3. The van der Waals surface area contributed by atoms with Crippen molar-refractivity contribution in [1.29, 1.82) is 0 Å². The van der Waals surface area contributed by atoms with E-state index in [4.69, 9.17) is 11.6 Å². The molecule has 0 spiro atoms. The van der Waals surface area contributed by atoms with E-state index in [1.807, 2.05) is 0 Å². The fourth-order valence-corrected chi connectivity index (χ4v) is 0.969. The third kappa shape index (κ3) is 2.59. The Balaban J connectivity index is 3.01. The van der Waals surface area contributed by atoms with E-state index >= 15 is 0 Å². The van der Waals surface area contributed by atoms with E-state index in [0.717, 1.165) is 6.20 Å². The van der Waals surface area contributed by atoms with Crippen LogP contribution in [0, 0.1) is 10.1 Å². The van der Waals surface area contributed by atoms with Gasteiger partial charge >= 0.3 is 11.7 Å². The normalized spacial score (nSPS) is 9.73. The fourth-order valence-electron chi connectivity index (χ4n) is 0.771. The summed E-state index contributed by atoms with van der Waals surface area (Å²) >= 11 is 5.47. The number of nitrogens with zero attached hydrogens (tertiary/aromatic N) is 3. The number of esters is 1. The molecule has 0 fully saturated rings. The molecule has 15 heavy (non-hydrogen) atoms. The van der Waals surface area contributed by atoms with Crippen LogP contribution in [-0.2, 0) is 4.74 Å². The topological polar surface area (TPSA) is 95.2 Å². The van der Waals surface area contributed by atoms with Gasteiger partial charge in [0.15, 0.2) is 0 Å². The number of rotatable bonds is 3. The minimum Gasteiger partial charge on any atom is -0.460 e. The Kier molecular flexibility index (Phi) is 3.51. The Morgan fingerprint density at radius 3 is 2.87 bits per heavy atom. The van der Waals surface area contributed by atoms with Crippen molar-refractivity contribution in [1.82, 2.24) is 9.97 Å². The van der Waals surface area contributed by atoms with Crippen molar-refractivity contribution in [2.45, 2.75) is 6.92 Å². The van der Waals surface area contributed by atoms with Crippen LogP contribution in [0.25, 0.3) is 0 Å².